The average molecular weight is 246 g/mol. The van der Waals surface area contributed by atoms with Crippen LogP contribution in [-0.2, 0) is 6.18 Å². The summed E-state index contributed by atoms with van der Waals surface area (Å²) in [5.74, 6) is -0.0799. The monoisotopic (exact) mass is 246 g/mol. The number of rotatable bonds is 1. The van der Waals surface area contributed by atoms with E-state index in [0.29, 0.717) is 6.54 Å². The molecule has 0 radical (unpaired) electrons. The third-order valence-electron chi connectivity index (χ3n) is 2.87. The van der Waals surface area contributed by atoms with E-state index in [1.54, 1.807) is 0 Å². The van der Waals surface area contributed by atoms with Gasteiger partial charge in [0, 0.05) is 18.7 Å². The lowest BCUT2D eigenvalue weighted by molar-refractivity contribution is -0.141. The molecule has 0 aliphatic carbocycles. The van der Waals surface area contributed by atoms with Gasteiger partial charge >= 0.3 is 6.18 Å². The number of hydrogen-bond donors (Lipinski definition) is 1. The van der Waals surface area contributed by atoms with Crippen LogP contribution in [0.2, 0.25) is 0 Å². The van der Waals surface area contributed by atoms with E-state index in [4.69, 9.17) is 5.73 Å². The lowest BCUT2D eigenvalue weighted by atomic mass is 10.2. The summed E-state index contributed by atoms with van der Waals surface area (Å²) in [5, 5.41) is 0. The van der Waals surface area contributed by atoms with Crippen molar-refractivity contribution in [3.05, 3.63) is 11.8 Å². The summed E-state index contributed by atoms with van der Waals surface area (Å²) in [6, 6.07) is 1.14. The fraction of sp³-hybridized carbons (Fsp3) is 0.600. The van der Waals surface area contributed by atoms with Crippen molar-refractivity contribution in [2.75, 3.05) is 17.2 Å². The number of hydrogen-bond acceptors (Lipinski definition) is 4. The van der Waals surface area contributed by atoms with Gasteiger partial charge < -0.3 is 10.6 Å². The number of anilines is 2. The standard InChI is InChI=1S/C10H13F3N4/c1-6-3-2-4-17(6)8-5-7(10(11,12)13)15-9(14)16-8/h5-6H,2-4H2,1H3,(H2,14,15,16). The van der Waals surface area contributed by atoms with E-state index in [2.05, 4.69) is 9.97 Å². The Labute approximate surface area is 96.7 Å². The zero-order valence-corrected chi connectivity index (χ0v) is 9.33. The summed E-state index contributed by atoms with van der Waals surface area (Å²) >= 11 is 0. The largest absolute Gasteiger partial charge is 0.433 e. The average Bonchev–Trinajstić information content (AvgIpc) is 2.62. The van der Waals surface area contributed by atoms with E-state index < -0.39 is 11.9 Å². The van der Waals surface area contributed by atoms with Crippen LogP contribution in [0.5, 0.6) is 0 Å². The lowest BCUT2D eigenvalue weighted by Crippen LogP contribution is -2.28. The number of aromatic nitrogens is 2. The van der Waals surface area contributed by atoms with Crippen molar-refractivity contribution in [1.29, 1.82) is 0 Å². The first-order chi connectivity index (χ1) is 7.88. The number of halogens is 3. The Hall–Kier alpha value is -1.53. The van der Waals surface area contributed by atoms with Crippen molar-refractivity contribution in [2.24, 2.45) is 0 Å². The number of nitrogens with zero attached hydrogens (tertiary/aromatic N) is 3. The molecule has 1 fully saturated rings. The summed E-state index contributed by atoms with van der Waals surface area (Å²) in [4.78, 5) is 8.92. The first-order valence-corrected chi connectivity index (χ1v) is 5.36. The Morgan fingerprint density at radius 2 is 2.12 bits per heavy atom. The van der Waals surface area contributed by atoms with Crippen LogP contribution in [0.25, 0.3) is 0 Å². The minimum absolute atomic E-state index is 0.186. The Bertz CT molecular complexity index is 419. The van der Waals surface area contributed by atoms with Gasteiger partial charge in [0.25, 0.3) is 0 Å². The van der Waals surface area contributed by atoms with Crippen LogP contribution in [0.1, 0.15) is 25.5 Å². The Morgan fingerprint density at radius 3 is 2.65 bits per heavy atom. The van der Waals surface area contributed by atoms with Gasteiger partial charge in [0.2, 0.25) is 5.95 Å². The zero-order chi connectivity index (χ0) is 12.6. The molecule has 2 heterocycles. The summed E-state index contributed by atoms with van der Waals surface area (Å²) in [6.07, 6.45) is -2.59. The van der Waals surface area contributed by atoms with Crippen molar-refractivity contribution in [3.8, 4) is 0 Å². The highest BCUT2D eigenvalue weighted by molar-refractivity contribution is 5.45. The molecule has 0 spiro atoms. The number of nitrogen functional groups attached to an aromatic ring is 1. The van der Waals surface area contributed by atoms with Crippen LogP contribution in [0, 0.1) is 0 Å². The Morgan fingerprint density at radius 1 is 1.41 bits per heavy atom. The number of nitrogens with two attached hydrogens (primary N) is 1. The number of alkyl halides is 3. The summed E-state index contributed by atoms with van der Waals surface area (Å²) in [7, 11) is 0. The van der Waals surface area contributed by atoms with E-state index in [1.165, 1.54) is 0 Å². The molecule has 0 aromatic carbocycles. The maximum absolute atomic E-state index is 12.6. The first kappa shape index (κ1) is 11.9. The van der Waals surface area contributed by atoms with Gasteiger partial charge in [-0.2, -0.15) is 18.2 Å². The second-order valence-corrected chi connectivity index (χ2v) is 4.15. The molecule has 1 unspecified atom stereocenters. The van der Waals surface area contributed by atoms with Crippen LogP contribution in [0.15, 0.2) is 6.07 Å². The fourth-order valence-electron chi connectivity index (χ4n) is 2.02. The second kappa shape index (κ2) is 4.05. The van der Waals surface area contributed by atoms with Crippen LogP contribution < -0.4 is 10.6 Å². The van der Waals surface area contributed by atoms with Crippen molar-refractivity contribution < 1.29 is 13.2 Å². The molecule has 1 saturated heterocycles. The van der Waals surface area contributed by atoms with E-state index in [-0.39, 0.29) is 17.8 Å². The molecular formula is C10H13F3N4. The molecular weight excluding hydrogens is 233 g/mol. The molecule has 1 aromatic heterocycles. The topological polar surface area (TPSA) is 55.0 Å². The molecule has 1 aromatic rings. The second-order valence-electron chi connectivity index (χ2n) is 4.15. The first-order valence-electron chi connectivity index (χ1n) is 5.36. The highest BCUT2D eigenvalue weighted by Gasteiger charge is 2.34. The predicted molar refractivity (Wildman–Crippen MR) is 57.5 cm³/mol. The van der Waals surface area contributed by atoms with E-state index in [0.717, 1.165) is 18.9 Å². The van der Waals surface area contributed by atoms with Gasteiger partial charge in [0.15, 0.2) is 5.69 Å². The molecule has 2 rings (SSSR count). The van der Waals surface area contributed by atoms with Gasteiger partial charge in [-0.05, 0) is 19.8 Å². The van der Waals surface area contributed by atoms with E-state index in [9.17, 15) is 13.2 Å². The Kier molecular flexibility index (Phi) is 2.84. The third-order valence-corrected chi connectivity index (χ3v) is 2.87. The van der Waals surface area contributed by atoms with Gasteiger partial charge in [-0.1, -0.05) is 0 Å². The van der Waals surface area contributed by atoms with Crippen molar-refractivity contribution >= 4 is 11.8 Å². The molecule has 2 N–H and O–H groups in total. The highest BCUT2D eigenvalue weighted by atomic mass is 19.4. The maximum atomic E-state index is 12.6. The van der Waals surface area contributed by atoms with Crippen LogP contribution in [-0.4, -0.2) is 22.6 Å². The summed E-state index contributed by atoms with van der Waals surface area (Å²) < 4.78 is 37.7. The van der Waals surface area contributed by atoms with Crippen molar-refractivity contribution in [1.82, 2.24) is 9.97 Å². The fourth-order valence-corrected chi connectivity index (χ4v) is 2.02. The SMILES string of the molecule is CC1CCCN1c1cc(C(F)(F)F)nc(N)n1. The molecule has 4 nitrogen and oxygen atoms in total. The summed E-state index contributed by atoms with van der Waals surface area (Å²) in [5.41, 5.74) is 4.33. The molecule has 0 bridgehead atoms. The molecule has 1 atom stereocenters. The highest BCUT2D eigenvalue weighted by Crippen LogP contribution is 2.32. The molecule has 1 aliphatic heterocycles. The van der Waals surface area contributed by atoms with Crippen LogP contribution >= 0.6 is 0 Å². The zero-order valence-electron chi connectivity index (χ0n) is 9.33. The van der Waals surface area contributed by atoms with Crippen molar-refractivity contribution in [3.63, 3.8) is 0 Å². The predicted octanol–water partition coefficient (Wildman–Crippen LogP) is 2.07. The van der Waals surface area contributed by atoms with Gasteiger partial charge in [0.1, 0.15) is 5.82 Å². The molecule has 1 aliphatic rings. The van der Waals surface area contributed by atoms with Gasteiger partial charge in [-0.15, -0.1) is 0 Å². The molecule has 0 saturated carbocycles. The smallest absolute Gasteiger partial charge is 0.368 e. The molecule has 94 valence electrons. The van der Waals surface area contributed by atoms with Gasteiger partial charge in [0.05, 0.1) is 0 Å². The molecule has 7 heteroatoms. The quantitative estimate of drug-likeness (QED) is 0.824. The lowest BCUT2D eigenvalue weighted by Gasteiger charge is -2.23. The normalized spacial score (nSPS) is 20.9. The minimum atomic E-state index is -4.49. The Balaban J connectivity index is 2.38. The molecule has 17 heavy (non-hydrogen) atoms. The van der Waals surface area contributed by atoms with E-state index >= 15 is 0 Å². The minimum Gasteiger partial charge on any atom is -0.368 e. The van der Waals surface area contributed by atoms with Crippen molar-refractivity contribution in [2.45, 2.75) is 32.0 Å². The summed E-state index contributed by atoms with van der Waals surface area (Å²) in [6.45, 7) is 2.66. The van der Waals surface area contributed by atoms with Gasteiger partial charge in [-0.3, -0.25) is 0 Å². The van der Waals surface area contributed by atoms with Crippen LogP contribution in [0.4, 0.5) is 24.9 Å². The third kappa shape index (κ3) is 2.42. The maximum Gasteiger partial charge on any atom is 0.433 e. The van der Waals surface area contributed by atoms with Gasteiger partial charge in [-0.25, -0.2) is 4.98 Å². The van der Waals surface area contributed by atoms with E-state index in [1.807, 2.05) is 11.8 Å². The van der Waals surface area contributed by atoms with Crippen LogP contribution in [0.3, 0.4) is 0 Å². The molecule has 0 amide bonds.